The molecule has 0 fully saturated rings. The fourth-order valence-electron chi connectivity index (χ4n) is 1.06. The molecule has 0 heterocycles. The molecule has 5 heteroatoms. The summed E-state index contributed by atoms with van der Waals surface area (Å²) in [5.41, 5.74) is 0. The average Bonchev–Trinajstić information content (AvgIpc) is 2.09. The van der Waals surface area contributed by atoms with Gasteiger partial charge in [0.1, 0.15) is 4.32 Å². The lowest BCUT2D eigenvalue weighted by molar-refractivity contribution is -0.113. The molecule has 2 unspecified atom stereocenters. The van der Waals surface area contributed by atoms with Crippen LogP contribution in [0.25, 0.3) is 0 Å². The first kappa shape index (κ1) is 11.4. The van der Waals surface area contributed by atoms with Crippen LogP contribution in [-0.2, 0) is 4.79 Å². The second kappa shape index (κ2) is 4.24. The second-order valence-electron chi connectivity index (χ2n) is 2.69. The first-order valence-corrected chi connectivity index (χ1v) is 5.48. The van der Waals surface area contributed by atoms with Crippen LogP contribution >= 0.6 is 43.5 Å². The summed E-state index contributed by atoms with van der Waals surface area (Å²) in [6.45, 7) is -0.636. The number of carbonyl (C=O) groups is 1. The number of alkyl halides is 2. The Labute approximate surface area is 97.3 Å². The van der Waals surface area contributed by atoms with Gasteiger partial charge in [-0.25, -0.2) is 0 Å². The Kier molecular flexibility index (Phi) is 3.72. The van der Waals surface area contributed by atoms with E-state index in [-0.39, 0.29) is 0 Å². The highest BCUT2D eigenvalue weighted by Gasteiger charge is 2.40. The van der Waals surface area contributed by atoms with Crippen molar-refractivity contribution in [3.05, 3.63) is 22.7 Å². The molecule has 0 bridgehead atoms. The van der Waals surface area contributed by atoms with E-state index < -0.39 is 22.2 Å². The van der Waals surface area contributed by atoms with Crippen molar-refractivity contribution in [2.24, 2.45) is 5.92 Å². The number of carbonyl (C=O) groups excluding carboxylic acids is 1. The molecule has 13 heavy (non-hydrogen) atoms. The van der Waals surface area contributed by atoms with Crippen LogP contribution < -0.4 is 0 Å². The Morgan fingerprint density at radius 2 is 2.38 bits per heavy atom. The molecule has 1 nitrogen and oxygen atoms in total. The van der Waals surface area contributed by atoms with Gasteiger partial charge in [-0.1, -0.05) is 50.1 Å². The zero-order chi connectivity index (χ0) is 10.1. The van der Waals surface area contributed by atoms with E-state index in [1.807, 2.05) is 0 Å². The van der Waals surface area contributed by atoms with E-state index in [0.717, 1.165) is 4.48 Å². The van der Waals surface area contributed by atoms with Crippen LogP contribution in [0.1, 0.15) is 0 Å². The third-order valence-corrected chi connectivity index (χ3v) is 4.13. The second-order valence-corrected chi connectivity index (χ2v) is 5.26. The fraction of sp³-hybridized carbons (Fsp3) is 0.375. The molecule has 0 amide bonds. The Morgan fingerprint density at radius 1 is 1.77 bits per heavy atom. The normalized spacial score (nSPS) is 32.9. The Hall–Kier alpha value is 0.330. The lowest BCUT2D eigenvalue weighted by Crippen LogP contribution is -2.37. The summed E-state index contributed by atoms with van der Waals surface area (Å²) in [6.07, 6.45) is 4.84. The molecule has 0 aromatic rings. The predicted octanol–water partition coefficient (Wildman–Crippen LogP) is 3.32. The van der Waals surface area contributed by atoms with Gasteiger partial charge in [0.15, 0.2) is 0 Å². The fourth-order valence-corrected chi connectivity index (χ4v) is 2.10. The van der Waals surface area contributed by atoms with Gasteiger partial charge >= 0.3 is 0 Å². The summed E-state index contributed by atoms with van der Waals surface area (Å²) in [7, 11) is 0. The maximum atomic E-state index is 12.6. The standard InChI is InChI=1S/C8H6Br2ClFO/c9-6-1-2-8(10,7(11)13)5(3-6)4-12/h1-3,5H,4H2. The van der Waals surface area contributed by atoms with Crippen molar-refractivity contribution in [1.82, 2.24) is 0 Å². The molecule has 0 aliphatic heterocycles. The van der Waals surface area contributed by atoms with Crippen molar-refractivity contribution >= 4 is 48.7 Å². The van der Waals surface area contributed by atoms with Crippen LogP contribution in [0.4, 0.5) is 4.39 Å². The van der Waals surface area contributed by atoms with E-state index in [0.29, 0.717) is 0 Å². The minimum absolute atomic E-state index is 0.558. The number of hydrogen-bond donors (Lipinski definition) is 0. The summed E-state index contributed by atoms with van der Waals surface area (Å²) in [4.78, 5) is 11.1. The molecule has 1 aliphatic carbocycles. The molecule has 2 atom stereocenters. The van der Waals surface area contributed by atoms with E-state index >= 15 is 0 Å². The maximum absolute atomic E-state index is 12.6. The van der Waals surface area contributed by atoms with Gasteiger partial charge in [-0.2, -0.15) is 0 Å². The molecular weight excluding hydrogens is 326 g/mol. The summed E-state index contributed by atoms with van der Waals surface area (Å²) in [6, 6.07) is 0. The molecule has 0 N–H and O–H groups in total. The van der Waals surface area contributed by atoms with Crippen LogP contribution in [0.2, 0.25) is 0 Å². The van der Waals surface area contributed by atoms with Crippen molar-refractivity contribution in [3.63, 3.8) is 0 Å². The third-order valence-electron chi connectivity index (χ3n) is 1.85. The highest BCUT2D eigenvalue weighted by atomic mass is 79.9. The Morgan fingerprint density at radius 3 is 2.85 bits per heavy atom. The van der Waals surface area contributed by atoms with Crippen molar-refractivity contribution in [1.29, 1.82) is 0 Å². The van der Waals surface area contributed by atoms with Crippen LogP contribution in [0.3, 0.4) is 0 Å². The van der Waals surface area contributed by atoms with Gasteiger partial charge in [-0.15, -0.1) is 0 Å². The molecule has 0 spiro atoms. The van der Waals surface area contributed by atoms with E-state index in [2.05, 4.69) is 31.9 Å². The molecule has 0 aromatic heterocycles. The largest absolute Gasteiger partial charge is 0.279 e. The van der Waals surface area contributed by atoms with Crippen LogP contribution in [0.15, 0.2) is 22.7 Å². The Balaban J connectivity index is 3.01. The van der Waals surface area contributed by atoms with E-state index in [4.69, 9.17) is 11.6 Å². The molecule has 72 valence electrons. The zero-order valence-electron chi connectivity index (χ0n) is 6.44. The lowest BCUT2D eigenvalue weighted by Gasteiger charge is -2.28. The van der Waals surface area contributed by atoms with Gasteiger partial charge in [0.25, 0.3) is 0 Å². The summed E-state index contributed by atoms with van der Waals surface area (Å²) in [5, 5.41) is -0.609. The van der Waals surface area contributed by atoms with Gasteiger partial charge in [-0.05, 0) is 11.6 Å². The number of halogens is 4. The quantitative estimate of drug-likeness (QED) is 0.560. The van der Waals surface area contributed by atoms with E-state index in [9.17, 15) is 9.18 Å². The van der Waals surface area contributed by atoms with Gasteiger partial charge in [-0.3, -0.25) is 9.18 Å². The minimum Gasteiger partial charge on any atom is -0.279 e. The highest BCUT2D eigenvalue weighted by molar-refractivity contribution is 9.12. The minimum atomic E-state index is -1.10. The predicted molar refractivity (Wildman–Crippen MR) is 58.1 cm³/mol. The van der Waals surface area contributed by atoms with Crippen molar-refractivity contribution in [2.75, 3.05) is 6.67 Å². The van der Waals surface area contributed by atoms with Gasteiger partial charge in [0, 0.05) is 10.4 Å². The van der Waals surface area contributed by atoms with Crippen molar-refractivity contribution < 1.29 is 9.18 Å². The molecule has 0 radical (unpaired) electrons. The molecule has 0 aromatic carbocycles. The number of allylic oxidation sites excluding steroid dienone is 4. The average molecular weight is 332 g/mol. The van der Waals surface area contributed by atoms with Crippen molar-refractivity contribution in [2.45, 2.75) is 4.32 Å². The number of rotatable bonds is 2. The van der Waals surface area contributed by atoms with Gasteiger partial charge < -0.3 is 0 Å². The maximum Gasteiger partial charge on any atom is 0.242 e. The smallest absolute Gasteiger partial charge is 0.242 e. The van der Waals surface area contributed by atoms with Crippen molar-refractivity contribution in [3.8, 4) is 0 Å². The lowest BCUT2D eigenvalue weighted by atomic mass is 9.90. The molecular formula is C8H6Br2ClFO. The highest BCUT2D eigenvalue weighted by Crippen LogP contribution is 2.38. The van der Waals surface area contributed by atoms with E-state index in [1.165, 1.54) is 0 Å². The monoisotopic (exact) mass is 330 g/mol. The third kappa shape index (κ3) is 2.22. The summed E-state index contributed by atoms with van der Waals surface area (Å²) < 4.78 is 12.2. The first-order valence-electron chi connectivity index (χ1n) is 3.52. The van der Waals surface area contributed by atoms with Crippen LogP contribution in [0.5, 0.6) is 0 Å². The van der Waals surface area contributed by atoms with Crippen LogP contribution in [0, 0.1) is 5.92 Å². The van der Waals surface area contributed by atoms with Gasteiger partial charge in [0.05, 0.1) is 6.67 Å². The SMILES string of the molecule is O=C(Cl)C1(Br)C=CC(Br)=CC1CF. The summed E-state index contributed by atoms with van der Waals surface area (Å²) >= 11 is 11.7. The molecule has 0 saturated heterocycles. The summed E-state index contributed by atoms with van der Waals surface area (Å²) in [5.74, 6) is -0.558. The Bertz CT molecular complexity index is 290. The van der Waals surface area contributed by atoms with Crippen LogP contribution in [-0.4, -0.2) is 16.2 Å². The molecule has 1 aliphatic rings. The first-order chi connectivity index (χ1) is 6.00. The molecule has 1 rings (SSSR count). The van der Waals surface area contributed by atoms with Gasteiger partial charge in [0.2, 0.25) is 5.24 Å². The number of hydrogen-bond acceptors (Lipinski definition) is 1. The topological polar surface area (TPSA) is 17.1 Å². The van der Waals surface area contributed by atoms with E-state index in [1.54, 1.807) is 18.2 Å². The molecule has 0 saturated carbocycles. The zero-order valence-corrected chi connectivity index (χ0v) is 10.4.